The number of sulfonamides is 1. The number of carboxylic acids is 1. The molecule has 0 atom stereocenters. The highest BCUT2D eigenvalue weighted by Gasteiger charge is 2.13. The van der Waals surface area contributed by atoms with Crippen molar-refractivity contribution in [3.63, 3.8) is 0 Å². The van der Waals surface area contributed by atoms with Crippen LogP contribution in [0.1, 0.15) is 32.6 Å². The van der Waals surface area contributed by atoms with E-state index in [2.05, 4.69) is 15.8 Å². The molecule has 0 saturated carbocycles. The van der Waals surface area contributed by atoms with Crippen LogP contribution in [0.2, 0.25) is 5.02 Å². The summed E-state index contributed by atoms with van der Waals surface area (Å²) in [5.74, 6) is -0.954. The molecule has 188 valence electrons. The molecule has 1 aromatic heterocycles. The maximum absolute atomic E-state index is 12.5. The molecule has 3 aromatic carbocycles. The minimum absolute atomic E-state index is 0.174. The number of carbonyl (C=O) groups is 1. The van der Waals surface area contributed by atoms with Crippen LogP contribution in [0.5, 0.6) is 0 Å². The lowest BCUT2D eigenvalue weighted by atomic mass is 9.95. The van der Waals surface area contributed by atoms with Crippen molar-refractivity contribution >= 4 is 33.2 Å². The van der Waals surface area contributed by atoms with Gasteiger partial charge in [0.05, 0.1) is 10.5 Å². The van der Waals surface area contributed by atoms with Gasteiger partial charge in [0, 0.05) is 29.5 Å². The maximum atomic E-state index is 12.5. The highest BCUT2D eigenvalue weighted by atomic mass is 35.5. The molecule has 0 fully saturated rings. The van der Waals surface area contributed by atoms with Crippen LogP contribution >= 0.6 is 11.6 Å². The zero-order valence-corrected chi connectivity index (χ0v) is 21.4. The highest BCUT2D eigenvalue weighted by Crippen LogP contribution is 2.24. The SMILES string of the molecule is O=C(O)c1cccc(C/C=C(\c2ccc(CCNS(=O)(=O)c3ccc(Cl)cc3)cc2)c2cccnc2)c1. The van der Waals surface area contributed by atoms with Crippen LogP contribution in [0.25, 0.3) is 5.57 Å². The molecule has 2 N–H and O–H groups in total. The van der Waals surface area contributed by atoms with Crippen molar-refractivity contribution in [3.05, 3.63) is 136 Å². The Kier molecular flexibility index (Phi) is 8.50. The molecule has 4 rings (SSSR count). The first-order chi connectivity index (χ1) is 17.8. The second-order valence-electron chi connectivity index (χ2n) is 8.37. The molecular formula is C29H25ClN2O4S. The lowest BCUT2D eigenvalue weighted by Gasteiger charge is -2.11. The van der Waals surface area contributed by atoms with E-state index in [1.54, 1.807) is 42.7 Å². The van der Waals surface area contributed by atoms with Crippen LogP contribution < -0.4 is 4.72 Å². The molecule has 1 heterocycles. The fourth-order valence-corrected chi connectivity index (χ4v) is 5.01. The first kappa shape index (κ1) is 26.3. The standard InChI is InChI=1S/C29H25ClN2O4S/c30-26-11-13-27(14-12-26)37(35,36)32-18-16-21-6-9-23(10-7-21)28(25-5-2-17-31-20-25)15-8-22-3-1-4-24(19-22)29(33)34/h1-7,9-15,17,19-20,32H,8,16,18H2,(H,33,34)/b28-15+. The van der Waals surface area contributed by atoms with E-state index in [1.807, 2.05) is 42.5 Å². The molecule has 37 heavy (non-hydrogen) atoms. The van der Waals surface area contributed by atoms with Crippen molar-refractivity contribution < 1.29 is 18.3 Å². The fraction of sp³-hybridized carbons (Fsp3) is 0.103. The van der Waals surface area contributed by atoms with Gasteiger partial charge in [-0.2, -0.15) is 0 Å². The van der Waals surface area contributed by atoms with Gasteiger partial charge < -0.3 is 5.11 Å². The number of hydrogen-bond donors (Lipinski definition) is 2. The number of aromatic nitrogens is 1. The molecule has 4 aromatic rings. The Morgan fingerprint density at radius 1 is 0.892 bits per heavy atom. The van der Waals surface area contributed by atoms with Gasteiger partial charge in [-0.1, -0.05) is 60.1 Å². The first-order valence-electron chi connectivity index (χ1n) is 11.6. The van der Waals surface area contributed by atoms with Crippen LogP contribution in [-0.4, -0.2) is 31.0 Å². The summed E-state index contributed by atoms with van der Waals surface area (Å²) in [6.07, 6.45) is 6.65. The van der Waals surface area contributed by atoms with Crippen molar-refractivity contribution in [2.75, 3.05) is 6.54 Å². The minimum Gasteiger partial charge on any atom is -0.478 e. The van der Waals surface area contributed by atoms with E-state index in [-0.39, 0.29) is 17.0 Å². The fourth-order valence-electron chi connectivity index (χ4n) is 3.85. The summed E-state index contributed by atoms with van der Waals surface area (Å²) in [7, 11) is -3.61. The number of carboxylic acid groups (broad SMARTS) is 1. The number of rotatable bonds is 10. The molecule has 0 spiro atoms. The van der Waals surface area contributed by atoms with Gasteiger partial charge in [0.15, 0.2) is 0 Å². The Labute approximate surface area is 221 Å². The summed E-state index contributed by atoms with van der Waals surface area (Å²) >= 11 is 5.84. The average molecular weight is 533 g/mol. The Bertz CT molecular complexity index is 1500. The number of halogens is 1. The first-order valence-corrected chi connectivity index (χ1v) is 13.5. The van der Waals surface area contributed by atoms with Crippen LogP contribution in [0.3, 0.4) is 0 Å². The van der Waals surface area contributed by atoms with Crippen LogP contribution in [0.4, 0.5) is 0 Å². The average Bonchev–Trinajstić information content (AvgIpc) is 2.90. The van der Waals surface area contributed by atoms with E-state index in [0.29, 0.717) is 17.9 Å². The smallest absolute Gasteiger partial charge is 0.335 e. The number of nitrogens with one attached hydrogen (secondary N) is 1. The number of hydrogen-bond acceptors (Lipinski definition) is 4. The van der Waals surface area contributed by atoms with Gasteiger partial charge in [-0.05, 0) is 77.6 Å². The van der Waals surface area contributed by atoms with Gasteiger partial charge in [-0.3, -0.25) is 4.98 Å². The van der Waals surface area contributed by atoms with Crippen LogP contribution in [0, 0.1) is 0 Å². The quantitative estimate of drug-likeness (QED) is 0.276. The Morgan fingerprint density at radius 2 is 1.62 bits per heavy atom. The second kappa shape index (κ2) is 12.0. The van der Waals surface area contributed by atoms with E-state index in [0.717, 1.165) is 27.8 Å². The van der Waals surface area contributed by atoms with E-state index < -0.39 is 16.0 Å². The van der Waals surface area contributed by atoms with Crippen molar-refractivity contribution in [2.24, 2.45) is 0 Å². The number of allylic oxidation sites excluding steroid dienone is 1. The van der Waals surface area contributed by atoms with Gasteiger partial charge in [-0.25, -0.2) is 17.9 Å². The molecule has 6 nitrogen and oxygen atoms in total. The Balaban J connectivity index is 1.48. The molecule has 0 bridgehead atoms. The Morgan fingerprint density at radius 3 is 2.30 bits per heavy atom. The van der Waals surface area contributed by atoms with Crippen molar-refractivity contribution in [3.8, 4) is 0 Å². The molecule has 0 aliphatic carbocycles. The molecule has 0 radical (unpaired) electrons. The number of aromatic carboxylic acids is 1. The molecular weight excluding hydrogens is 508 g/mol. The lowest BCUT2D eigenvalue weighted by Crippen LogP contribution is -2.25. The van der Waals surface area contributed by atoms with Crippen molar-refractivity contribution in [2.45, 2.75) is 17.7 Å². The third-order valence-electron chi connectivity index (χ3n) is 5.78. The van der Waals surface area contributed by atoms with Gasteiger partial charge >= 0.3 is 5.97 Å². The molecule has 0 amide bonds. The minimum atomic E-state index is -3.61. The van der Waals surface area contributed by atoms with E-state index >= 15 is 0 Å². The Hall–Kier alpha value is -3.78. The van der Waals surface area contributed by atoms with Gasteiger partial charge in [0.1, 0.15) is 0 Å². The monoisotopic (exact) mass is 532 g/mol. The van der Waals surface area contributed by atoms with Gasteiger partial charge in [-0.15, -0.1) is 0 Å². The van der Waals surface area contributed by atoms with Gasteiger partial charge in [0.25, 0.3) is 0 Å². The third kappa shape index (κ3) is 7.13. The number of pyridine rings is 1. The molecule has 8 heteroatoms. The number of benzene rings is 3. The topological polar surface area (TPSA) is 96.4 Å². The van der Waals surface area contributed by atoms with E-state index in [1.165, 1.54) is 12.1 Å². The summed E-state index contributed by atoms with van der Waals surface area (Å²) in [5.41, 5.74) is 5.04. The summed E-state index contributed by atoms with van der Waals surface area (Å²) in [6, 6.07) is 24.7. The summed E-state index contributed by atoms with van der Waals surface area (Å²) in [5, 5.41) is 9.76. The maximum Gasteiger partial charge on any atom is 0.335 e. The molecule has 0 aliphatic heterocycles. The van der Waals surface area contributed by atoms with Gasteiger partial charge in [0.2, 0.25) is 10.0 Å². The van der Waals surface area contributed by atoms with E-state index in [9.17, 15) is 18.3 Å². The molecule has 0 saturated heterocycles. The summed E-state index contributed by atoms with van der Waals surface area (Å²) < 4.78 is 27.6. The summed E-state index contributed by atoms with van der Waals surface area (Å²) in [4.78, 5) is 15.7. The van der Waals surface area contributed by atoms with E-state index in [4.69, 9.17) is 11.6 Å². The highest BCUT2D eigenvalue weighted by molar-refractivity contribution is 7.89. The molecule has 0 aliphatic rings. The lowest BCUT2D eigenvalue weighted by molar-refractivity contribution is 0.0696. The van der Waals surface area contributed by atoms with Crippen molar-refractivity contribution in [1.29, 1.82) is 0 Å². The third-order valence-corrected chi connectivity index (χ3v) is 7.51. The van der Waals surface area contributed by atoms with Crippen LogP contribution in [0.15, 0.2) is 108 Å². The second-order valence-corrected chi connectivity index (χ2v) is 10.6. The zero-order chi connectivity index (χ0) is 26.3. The zero-order valence-electron chi connectivity index (χ0n) is 19.8. The van der Waals surface area contributed by atoms with Crippen molar-refractivity contribution in [1.82, 2.24) is 9.71 Å². The molecule has 0 unspecified atom stereocenters. The normalized spacial score (nSPS) is 11.9. The van der Waals surface area contributed by atoms with Crippen LogP contribution in [-0.2, 0) is 22.9 Å². The predicted octanol–water partition coefficient (Wildman–Crippen LogP) is 5.63. The number of nitrogens with zero attached hydrogens (tertiary/aromatic N) is 1. The largest absolute Gasteiger partial charge is 0.478 e. The summed E-state index contributed by atoms with van der Waals surface area (Å²) in [6.45, 7) is 0.259. The predicted molar refractivity (Wildman–Crippen MR) is 145 cm³/mol.